The fourth-order valence-corrected chi connectivity index (χ4v) is 4.21. The van der Waals surface area contributed by atoms with Crippen molar-refractivity contribution >= 4 is 34.8 Å². The molecular formula is C27H27N3O3S. The summed E-state index contributed by atoms with van der Waals surface area (Å²) in [6.45, 7) is 1.93. The van der Waals surface area contributed by atoms with Crippen molar-refractivity contribution in [3.8, 4) is 22.6 Å². The molecular weight excluding hydrogens is 446 g/mol. The molecule has 4 rings (SSSR count). The minimum atomic E-state index is -0.197. The van der Waals surface area contributed by atoms with Crippen LogP contribution in [0.5, 0.6) is 11.5 Å². The Balaban J connectivity index is 1.51. The summed E-state index contributed by atoms with van der Waals surface area (Å²) >= 11 is 1.71. The Labute approximate surface area is 203 Å². The highest BCUT2D eigenvalue weighted by Crippen LogP contribution is 2.30. The topological polar surface area (TPSA) is 76.2 Å². The summed E-state index contributed by atoms with van der Waals surface area (Å²) in [4.78, 5) is 21.6. The fourth-order valence-electron chi connectivity index (χ4n) is 3.75. The Bertz CT molecular complexity index is 1350. The van der Waals surface area contributed by atoms with Crippen LogP contribution in [0.3, 0.4) is 0 Å². The third kappa shape index (κ3) is 5.10. The number of hydrogen-bond acceptors (Lipinski definition) is 5. The summed E-state index contributed by atoms with van der Waals surface area (Å²) in [6, 6.07) is 15.9. The monoisotopic (exact) mass is 473 g/mol. The number of carbonyl (C=O) groups is 1. The number of hydrogen-bond donors (Lipinski definition) is 2. The quantitative estimate of drug-likeness (QED) is 0.248. The second-order valence-electron chi connectivity index (χ2n) is 7.77. The lowest BCUT2D eigenvalue weighted by atomic mass is 10.1. The average molecular weight is 474 g/mol. The van der Waals surface area contributed by atoms with E-state index in [9.17, 15) is 4.79 Å². The molecule has 0 bridgehead atoms. The lowest BCUT2D eigenvalue weighted by Crippen LogP contribution is -2.24. The molecule has 0 aliphatic rings. The van der Waals surface area contributed by atoms with Gasteiger partial charge < -0.3 is 19.8 Å². The molecule has 2 aromatic carbocycles. The Hall–Kier alpha value is -3.71. The zero-order chi connectivity index (χ0) is 24.1. The van der Waals surface area contributed by atoms with Gasteiger partial charge >= 0.3 is 0 Å². The Morgan fingerprint density at radius 2 is 1.91 bits per heavy atom. The van der Waals surface area contributed by atoms with Crippen LogP contribution in [0.1, 0.15) is 24.1 Å². The molecule has 0 spiro atoms. The lowest BCUT2D eigenvalue weighted by molar-refractivity contribution is -0.117. The molecule has 174 valence electrons. The van der Waals surface area contributed by atoms with Gasteiger partial charge in [-0.05, 0) is 60.7 Å². The molecule has 2 aromatic heterocycles. The third-order valence-corrected chi connectivity index (χ3v) is 6.37. The number of ether oxygens (including phenoxy) is 2. The smallest absolute Gasteiger partial charge is 0.244 e. The summed E-state index contributed by atoms with van der Waals surface area (Å²) in [7, 11) is 3.19. The van der Waals surface area contributed by atoms with Gasteiger partial charge in [0.1, 0.15) is 5.65 Å². The highest BCUT2D eigenvalue weighted by atomic mass is 32.2. The molecule has 6 nitrogen and oxygen atoms in total. The number of nitrogens with zero attached hydrogens (tertiary/aromatic N) is 1. The van der Waals surface area contributed by atoms with Crippen LogP contribution in [0, 0.1) is 0 Å². The van der Waals surface area contributed by atoms with Crippen molar-refractivity contribution in [2.24, 2.45) is 0 Å². The Morgan fingerprint density at radius 3 is 2.68 bits per heavy atom. The first-order valence-electron chi connectivity index (χ1n) is 10.8. The molecule has 0 radical (unpaired) electrons. The van der Waals surface area contributed by atoms with Crippen LogP contribution in [0.4, 0.5) is 0 Å². The molecule has 0 saturated carbocycles. The van der Waals surface area contributed by atoms with Gasteiger partial charge in [0.2, 0.25) is 5.91 Å². The molecule has 0 aliphatic heterocycles. The molecule has 2 heterocycles. The van der Waals surface area contributed by atoms with E-state index in [1.165, 1.54) is 4.90 Å². The van der Waals surface area contributed by atoms with Crippen LogP contribution in [-0.4, -0.2) is 36.4 Å². The first-order valence-corrected chi connectivity index (χ1v) is 12.1. The van der Waals surface area contributed by atoms with Crippen LogP contribution in [-0.2, 0) is 4.79 Å². The van der Waals surface area contributed by atoms with E-state index >= 15 is 0 Å². The van der Waals surface area contributed by atoms with E-state index in [-0.39, 0.29) is 11.9 Å². The number of rotatable bonds is 8. The maximum absolute atomic E-state index is 12.6. The van der Waals surface area contributed by atoms with E-state index in [4.69, 9.17) is 9.47 Å². The number of aromatic amines is 1. The summed E-state index contributed by atoms with van der Waals surface area (Å²) in [5.74, 6) is 1.09. The fraction of sp³-hybridized carbons (Fsp3) is 0.185. The summed E-state index contributed by atoms with van der Waals surface area (Å²) in [6.07, 6.45) is 9.14. The largest absolute Gasteiger partial charge is 0.493 e. The van der Waals surface area contributed by atoms with Crippen molar-refractivity contribution in [1.82, 2.24) is 15.3 Å². The minimum absolute atomic E-state index is 0.187. The molecule has 0 aliphatic carbocycles. The van der Waals surface area contributed by atoms with Crippen LogP contribution < -0.4 is 14.8 Å². The predicted molar refractivity (Wildman–Crippen MR) is 138 cm³/mol. The van der Waals surface area contributed by atoms with Gasteiger partial charge in [-0.15, -0.1) is 11.8 Å². The van der Waals surface area contributed by atoms with Crippen LogP contribution in [0.25, 0.3) is 28.2 Å². The van der Waals surface area contributed by atoms with Gasteiger partial charge in [0.15, 0.2) is 11.5 Å². The second kappa shape index (κ2) is 10.5. The van der Waals surface area contributed by atoms with Gasteiger partial charge in [-0.2, -0.15) is 0 Å². The number of methoxy groups -OCH3 is 2. The Kier molecular flexibility index (Phi) is 7.23. The van der Waals surface area contributed by atoms with Gasteiger partial charge in [0, 0.05) is 39.9 Å². The van der Waals surface area contributed by atoms with Crippen molar-refractivity contribution in [3.63, 3.8) is 0 Å². The number of nitrogens with one attached hydrogen (secondary N) is 2. The van der Waals surface area contributed by atoms with Crippen molar-refractivity contribution < 1.29 is 14.3 Å². The maximum atomic E-state index is 12.6. The SMILES string of the molecule is COc1ccc([C@@H](C)NC(=O)/C=C/c2c[nH]c3ncc(-c4cccc(SC)c4)cc23)cc1OC. The highest BCUT2D eigenvalue weighted by Gasteiger charge is 2.12. The van der Waals surface area contributed by atoms with E-state index in [0.29, 0.717) is 11.5 Å². The van der Waals surface area contributed by atoms with Crippen molar-refractivity contribution in [2.45, 2.75) is 17.9 Å². The average Bonchev–Trinajstić information content (AvgIpc) is 3.29. The molecule has 4 aromatic rings. The number of thioether (sulfide) groups is 1. The van der Waals surface area contributed by atoms with Gasteiger partial charge in [-0.3, -0.25) is 4.79 Å². The normalized spacial score (nSPS) is 12.1. The van der Waals surface area contributed by atoms with Crippen LogP contribution in [0.15, 0.2) is 71.9 Å². The number of benzene rings is 2. The van der Waals surface area contributed by atoms with Crippen LogP contribution in [0.2, 0.25) is 0 Å². The number of carbonyl (C=O) groups excluding carboxylic acids is 1. The number of fused-ring (bicyclic) bond motifs is 1. The van der Waals surface area contributed by atoms with Crippen LogP contribution >= 0.6 is 11.8 Å². The maximum Gasteiger partial charge on any atom is 0.244 e. The summed E-state index contributed by atoms with van der Waals surface area (Å²) < 4.78 is 10.6. The first-order chi connectivity index (χ1) is 16.5. The van der Waals surface area contributed by atoms with Gasteiger partial charge in [0.25, 0.3) is 0 Å². The molecule has 1 amide bonds. The van der Waals surface area contributed by atoms with Crippen molar-refractivity contribution in [3.05, 3.63) is 78.1 Å². The van der Waals surface area contributed by atoms with Crippen molar-refractivity contribution in [2.75, 3.05) is 20.5 Å². The molecule has 2 N–H and O–H groups in total. The standard InChI is InChI=1S/C27H27N3O3S/c1-17(18-8-10-24(32-2)25(14-18)33-3)30-26(31)11-9-20-15-28-27-23(20)13-21(16-29-27)19-6-5-7-22(12-19)34-4/h5-17H,1-4H3,(H,28,29)(H,30,31)/b11-9+/t17-/m1/s1. The zero-order valence-corrected chi connectivity index (χ0v) is 20.4. The molecule has 0 unspecified atom stereocenters. The summed E-state index contributed by atoms with van der Waals surface area (Å²) in [5, 5.41) is 3.96. The molecule has 0 saturated heterocycles. The van der Waals surface area contributed by atoms with E-state index in [1.807, 2.05) is 43.6 Å². The number of aromatic nitrogens is 2. The molecule has 7 heteroatoms. The molecule has 0 fully saturated rings. The van der Waals surface area contributed by atoms with E-state index in [2.05, 4.69) is 45.8 Å². The van der Waals surface area contributed by atoms with Gasteiger partial charge in [-0.25, -0.2) is 4.98 Å². The molecule has 34 heavy (non-hydrogen) atoms. The number of H-pyrrole nitrogens is 1. The van der Waals surface area contributed by atoms with E-state index in [1.54, 1.807) is 38.1 Å². The Morgan fingerprint density at radius 1 is 1.09 bits per heavy atom. The summed E-state index contributed by atoms with van der Waals surface area (Å²) in [5.41, 5.74) is 4.75. The number of pyridine rings is 1. The van der Waals surface area contributed by atoms with Crippen molar-refractivity contribution in [1.29, 1.82) is 0 Å². The van der Waals surface area contributed by atoms with Gasteiger partial charge in [-0.1, -0.05) is 18.2 Å². The van der Waals surface area contributed by atoms with E-state index < -0.39 is 0 Å². The van der Waals surface area contributed by atoms with E-state index in [0.717, 1.165) is 33.3 Å². The minimum Gasteiger partial charge on any atom is -0.493 e. The number of amides is 1. The third-order valence-electron chi connectivity index (χ3n) is 5.65. The zero-order valence-electron chi connectivity index (χ0n) is 19.6. The highest BCUT2D eigenvalue weighted by molar-refractivity contribution is 7.98. The second-order valence-corrected chi connectivity index (χ2v) is 8.65. The molecule has 1 atom stereocenters. The lowest BCUT2D eigenvalue weighted by Gasteiger charge is -2.15. The van der Waals surface area contributed by atoms with Gasteiger partial charge in [0.05, 0.1) is 20.3 Å². The predicted octanol–water partition coefficient (Wildman–Crippen LogP) is 5.86. The first kappa shape index (κ1) is 23.4.